The van der Waals surface area contributed by atoms with E-state index in [2.05, 4.69) is 34.5 Å². The Morgan fingerprint density at radius 1 is 1.44 bits per heavy atom. The van der Waals surface area contributed by atoms with Gasteiger partial charge in [0.25, 0.3) is 0 Å². The summed E-state index contributed by atoms with van der Waals surface area (Å²) in [6, 6.07) is 1.63. The molecule has 1 aromatic rings. The Balaban J connectivity index is 2.79. The summed E-state index contributed by atoms with van der Waals surface area (Å²) in [5, 5.41) is 0. The van der Waals surface area contributed by atoms with E-state index in [0.29, 0.717) is 10.8 Å². The minimum absolute atomic E-state index is 0.0389. The molecule has 0 fully saturated rings. The minimum Gasteiger partial charge on any atom is -0.208 e. The van der Waals surface area contributed by atoms with Gasteiger partial charge in [-0.15, -0.1) is 11.3 Å². The van der Waals surface area contributed by atoms with Crippen molar-refractivity contribution in [2.45, 2.75) is 51.5 Å². The second-order valence-corrected chi connectivity index (χ2v) is 9.06. The maximum atomic E-state index is 12.2. The topological polar surface area (TPSA) is 46.2 Å². The summed E-state index contributed by atoms with van der Waals surface area (Å²) in [6.45, 7) is 7.99. The SMILES string of the molecule is CCC(C)CC(C)NS(=O)(=O)c1cc(Br)sc1C. The Hall–Kier alpha value is 0.0900. The summed E-state index contributed by atoms with van der Waals surface area (Å²) in [7, 11) is -3.39. The Morgan fingerprint density at radius 3 is 2.50 bits per heavy atom. The molecule has 1 rings (SSSR count). The van der Waals surface area contributed by atoms with Gasteiger partial charge >= 0.3 is 0 Å². The third kappa shape index (κ3) is 4.33. The van der Waals surface area contributed by atoms with Crippen LogP contribution >= 0.6 is 27.3 Å². The van der Waals surface area contributed by atoms with E-state index in [4.69, 9.17) is 0 Å². The zero-order valence-electron chi connectivity index (χ0n) is 11.2. The monoisotopic (exact) mass is 353 g/mol. The number of nitrogens with one attached hydrogen (secondary N) is 1. The zero-order chi connectivity index (χ0) is 13.9. The molecule has 0 aliphatic heterocycles. The number of rotatable bonds is 6. The van der Waals surface area contributed by atoms with E-state index < -0.39 is 10.0 Å². The Morgan fingerprint density at radius 2 is 2.06 bits per heavy atom. The lowest BCUT2D eigenvalue weighted by molar-refractivity contribution is 0.445. The molecule has 0 amide bonds. The Bertz CT molecular complexity index is 496. The molecule has 3 nitrogen and oxygen atoms in total. The van der Waals surface area contributed by atoms with Crippen LogP contribution in [0.25, 0.3) is 0 Å². The van der Waals surface area contributed by atoms with Crippen LogP contribution in [0.5, 0.6) is 0 Å². The highest BCUT2D eigenvalue weighted by molar-refractivity contribution is 9.11. The highest BCUT2D eigenvalue weighted by Crippen LogP contribution is 2.29. The van der Waals surface area contributed by atoms with Crippen molar-refractivity contribution in [1.29, 1.82) is 0 Å². The second-order valence-electron chi connectivity index (χ2n) is 4.74. The first kappa shape index (κ1) is 16.1. The van der Waals surface area contributed by atoms with Crippen LogP contribution < -0.4 is 4.72 Å². The molecule has 0 aliphatic carbocycles. The number of hydrogen-bond acceptors (Lipinski definition) is 3. The Labute approximate surface area is 122 Å². The highest BCUT2D eigenvalue weighted by atomic mass is 79.9. The number of thiophene rings is 1. The predicted octanol–water partition coefficient (Wildman–Crippen LogP) is 3.92. The molecule has 0 spiro atoms. The van der Waals surface area contributed by atoms with Crippen LogP contribution in [0.15, 0.2) is 14.7 Å². The molecule has 0 radical (unpaired) electrons. The third-order valence-corrected chi connectivity index (χ3v) is 6.34. The largest absolute Gasteiger partial charge is 0.241 e. The van der Waals surface area contributed by atoms with Gasteiger partial charge in [-0.25, -0.2) is 13.1 Å². The third-order valence-electron chi connectivity index (χ3n) is 2.94. The smallest absolute Gasteiger partial charge is 0.208 e. The summed E-state index contributed by atoms with van der Waals surface area (Å²) in [6.07, 6.45) is 1.93. The van der Waals surface area contributed by atoms with Gasteiger partial charge in [0.1, 0.15) is 0 Å². The van der Waals surface area contributed by atoms with Gasteiger partial charge < -0.3 is 0 Å². The van der Waals surface area contributed by atoms with Gasteiger partial charge in [0.2, 0.25) is 10.0 Å². The number of hydrogen-bond donors (Lipinski definition) is 1. The fourth-order valence-electron chi connectivity index (χ4n) is 1.84. The van der Waals surface area contributed by atoms with Crippen molar-refractivity contribution in [1.82, 2.24) is 4.72 Å². The summed E-state index contributed by atoms with van der Waals surface area (Å²) in [5.74, 6) is 0.526. The first-order chi connectivity index (χ1) is 8.26. The first-order valence-electron chi connectivity index (χ1n) is 6.04. The van der Waals surface area contributed by atoms with Crippen molar-refractivity contribution >= 4 is 37.3 Å². The fraction of sp³-hybridized carbons (Fsp3) is 0.667. The standard InChI is InChI=1S/C12H20BrNO2S2/c1-5-8(2)6-9(3)14-18(15,16)11-7-12(13)17-10(11)4/h7-9,14H,5-6H2,1-4H3. The molecular formula is C12H20BrNO2S2. The van der Waals surface area contributed by atoms with Crippen molar-refractivity contribution in [2.75, 3.05) is 0 Å². The first-order valence-corrected chi connectivity index (χ1v) is 9.13. The van der Waals surface area contributed by atoms with Crippen molar-refractivity contribution in [3.63, 3.8) is 0 Å². The molecule has 0 aromatic carbocycles. The maximum absolute atomic E-state index is 12.2. The molecular weight excluding hydrogens is 334 g/mol. The molecule has 18 heavy (non-hydrogen) atoms. The second kappa shape index (κ2) is 6.50. The van der Waals surface area contributed by atoms with Crippen LogP contribution in [0.2, 0.25) is 0 Å². The molecule has 1 heterocycles. The van der Waals surface area contributed by atoms with Gasteiger partial charge in [-0.1, -0.05) is 20.3 Å². The number of sulfonamides is 1. The van der Waals surface area contributed by atoms with Crippen LogP contribution in [0.4, 0.5) is 0 Å². The van der Waals surface area contributed by atoms with E-state index in [1.807, 2.05) is 13.8 Å². The zero-order valence-corrected chi connectivity index (χ0v) is 14.4. The summed E-state index contributed by atoms with van der Waals surface area (Å²) >= 11 is 4.76. The van der Waals surface area contributed by atoms with Crippen molar-refractivity contribution in [3.8, 4) is 0 Å². The number of halogens is 1. The molecule has 2 atom stereocenters. The lowest BCUT2D eigenvalue weighted by Crippen LogP contribution is -2.33. The Kier molecular flexibility index (Phi) is 5.83. The molecule has 2 unspecified atom stereocenters. The predicted molar refractivity (Wildman–Crippen MR) is 80.6 cm³/mol. The van der Waals surface area contributed by atoms with E-state index in [1.54, 1.807) is 6.07 Å². The average molecular weight is 354 g/mol. The van der Waals surface area contributed by atoms with E-state index >= 15 is 0 Å². The summed E-state index contributed by atoms with van der Waals surface area (Å²) < 4.78 is 28.0. The van der Waals surface area contributed by atoms with Crippen LogP contribution in [0, 0.1) is 12.8 Å². The fourth-order valence-corrected chi connectivity index (χ4v) is 5.51. The lowest BCUT2D eigenvalue weighted by Gasteiger charge is -2.17. The van der Waals surface area contributed by atoms with Crippen LogP contribution in [0.1, 0.15) is 38.5 Å². The molecule has 0 aliphatic rings. The molecule has 6 heteroatoms. The van der Waals surface area contributed by atoms with E-state index in [1.165, 1.54) is 11.3 Å². The summed E-state index contributed by atoms with van der Waals surface area (Å²) in [5.41, 5.74) is 0. The van der Waals surface area contributed by atoms with E-state index in [9.17, 15) is 8.42 Å². The average Bonchev–Trinajstić information content (AvgIpc) is 2.57. The number of aryl methyl sites for hydroxylation is 1. The van der Waals surface area contributed by atoms with Gasteiger partial charge in [0.15, 0.2) is 0 Å². The van der Waals surface area contributed by atoms with E-state index in [-0.39, 0.29) is 6.04 Å². The van der Waals surface area contributed by atoms with Gasteiger partial charge in [-0.3, -0.25) is 0 Å². The van der Waals surface area contributed by atoms with Gasteiger partial charge in [-0.05, 0) is 48.2 Å². The van der Waals surface area contributed by atoms with Crippen molar-refractivity contribution in [2.24, 2.45) is 5.92 Å². The molecule has 1 N–H and O–H groups in total. The molecule has 104 valence electrons. The van der Waals surface area contributed by atoms with Crippen LogP contribution in [-0.4, -0.2) is 14.5 Å². The maximum Gasteiger partial charge on any atom is 0.241 e. The van der Waals surface area contributed by atoms with Gasteiger partial charge in [0.05, 0.1) is 8.68 Å². The quantitative estimate of drug-likeness (QED) is 0.842. The van der Waals surface area contributed by atoms with Crippen molar-refractivity contribution < 1.29 is 8.42 Å². The minimum atomic E-state index is -3.39. The molecule has 0 saturated carbocycles. The van der Waals surface area contributed by atoms with Crippen molar-refractivity contribution in [3.05, 3.63) is 14.7 Å². The lowest BCUT2D eigenvalue weighted by atomic mass is 10.0. The van der Waals surface area contributed by atoms with Gasteiger partial charge in [-0.2, -0.15) is 0 Å². The van der Waals surface area contributed by atoms with Crippen LogP contribution in [0.3, 0.4) is 0 Å². The summed E-state index contributed by atoms with van der Waals surface area (Å²) in [4.78, 5) is 1.19. The highest BCUT2D eigenvalue weighted by Gasteiger charge is 2.22. The molecule has 0 bridgehead atoms. The normalized spacial score (nSPS) is 15.6. The molecule has 1 aromatic heterocycles. The van der Waals surface area contributed by atoms with E-state index in [0.717, 1.165) is 21.5 Å². The van der Waals surface area contributed by atoms with Gasteiger partial charge in [0, 0.05) is 10.9 Å². The molecule has 0 saturated heterocycles. The van der Waals surface area contributed by atoms with Crippen LogP contribution in [-0.2, 0) is 10.0 Å².